The largest absolute Gasteiger partial charge is 0.409 e. The standard InChI is InChI=1S/C6H11F3N2O2/c1-4(5(10)11-12)13-3-2-6(7,8)9/h4,12H,2-3H2,1H3,(H2,10,11). The lowest BCUT2D eigenvalue weighted by atomic mass is 10.3. The molecule has 0 aliphatic carbocycles. The molecular formula is C6H11F3N2O2. The highest BCUT2D eigenvalue weighted by molar-refractivity contribution is 5.83. The van der Waals surface area contributed by atoms with Crippen molar-refractivity contribution in [1.82, 2.24) is 0 Å². The van der Waals surface area contributed by atoms with Gasteiger partial charge in [-0.05, 0) is 6.92 Å². The highest BCUT2D eigenvalue weighted by atomic mass is 19.4. The van der Waals surface area contributed by atoms with Gasteiger partial charge in [0, 0.05) is 0 Å². The van der Waals surface area contributed by atoms with Gasteiger partial charge < -0.3 is 15.7 Å². The molecule has 78 valence electrons. The summed E-state index contributed by atoms with van der Waals surface area (Å²) in [6.07, 6.45) is -6.10. The minimum absolute atomic E-state index is 0.248. The zero-order valence-corrected chi connectivity index (χ0v) is 7.01. The Morgan fingerprint density at radius 1 is 1.62 bits per heavy atom. The monoisotopic (exact) mass is 200 g/mol. The zero-order valence-electron chi connectivity index (χ0n) is 7.01. The molecule has 1 atom stereocenters. The normalized spacial score (nSPS) is 15.8. The van der Waals surface area contributed by atoms with Gasteiger partial charge in [0.1, 0.15) is 6.10 Å². The molecule has 0 heterocycles. The lowest BCUT2D eigenvalue weighted by Crippen LogP contribution is -2.29. The van der Waals surface area contributed by atoms with Crippen molar-refractivity contribution in [3.63, 3.8) is 0 Å². The first kappa shape index (κ1) is 12.0. The van der Waals surface area contributed by atoms with Crippen molar-refractivity contribution in [2.24, 2.45) is 10.9 Å². The van der Waals surface area contributed by atoms with Crippen LogP contribution < -0.4 is 5.73 Å². The summed E-state index contributed by atoms with van der Waals surface area (Å²) < 4.78 is 39.4. The predicted octanol–water partition coefficient (Wildman–Crippen LogP) is 1.09. The van der Waals surface area contributed by atoms with Crippen LogP contribution in [0.3, 0.4) is 0 Å². The van der Waals surface area contributed by atoms with Crippen molar-refractivity contribution >= 4 is 5.84 Å². The Balaban J connectivity index is 3.66. The number of rotatable bonds is 4. The summed E-state index contributed by atoms with van der Waals surface area (Å²) in [4.78, 5) is 0. The van der Waals surface area contributed by atoms with E-state index in [1.165, 1.54) is 6.92 Å². The highest BCUT2D eigenvalue weighted by Gasteiger charge is 2.27. The predicted molar refractivity (Wildman–Crippen MR) is 39.5 cm³/mol. The van der Waals surface area contributed by atoms with Crippen LogP contribution in [0.5, 0.6) is 0 Å². The Labute approximate surface area is 73.2 Å². The molecule has 13 heavy (non-hydrogen) atoms. The first-order valence-electron chi connectivity index (χ1n) is 3.52. The van der Waals surface area contributed by atoms with Crippen molar-refractivity contribution in [2.75, 3.05) is 6.61 Å². The summed E-state index contributed by atoms with van der Waals surface area (Å²) >= 11 is 0. The quantitative estimate of drug-likeness (QED) is 0.309. The number of hydrogen-bond acceptors (Lipinski definition) is 3. The molecule has 0 aliphatic rings. The minimum Gasteiger partial charge on any atom is -0.409 e. The molecule has 0 saturated heterocycles. The van der Waals surface area contributed by atoms with Crippen molar-refractivity contribution < 1.29 is 23.1 Å². The minimum atomic E-state index is -4.25. The Morgan fingerprint density at radius 2 is 2.15 bits per heavy atom. The van der Waals surface area contributed by atoms with Gasteiger partial charge >= 0.3 is 6.18 Å². The molecule has 0 bridgehead atoms. The number of nitrogens with zero attached hydrogens (tertiary/aromatic N) is 1. The van der Waals surface area contributed by atoms with Crippen LogP contribution in [0, 0.1) is 0 Å². The SMILES string of the molecule is CC(OCCC(F)(F)F)C(N)=NO. The van der Waals surface area contributed by atoms with Crippen LogP contribution in [-0.2, 0) is 4.74 Å². The fraction of sp³-hybridized carbons (Fsp3) is 0.833. The number of oxime groups is 1. The fourth-order valence-electron chi connectivity index (χ4n) is 0.518. The molecule has 0 aromatic heterocycles. The maximum Gasteiger partial charge on any atom is 0.391 e. The summed E-state index contributed by atoms with van der Waals surface area (Å²) in [5.41, 5.74) is 5.06. The van der Waals surface area contributed by atoms with E-state index in [9.17, 15) is 13.2 Å². The summed E-state index contributed by atoms with van der Waals surface area (Å²) in [5.74, 6) is -0.248. The first-order chi connectivity index (χ1) is 5.87. The zero-order chi connectivity index (χ0) is 10.5. The summed E-state index contributed by atoms with van der Waals surface area (Å²) in [7, 11) is 0. The molecule has 1 unspecified atom stereocenters. The average Bonchev–Trinajstić information content (AvgIpc) is 2.00. The van der Waals surface area contributed by atoms with E-state index in [4.69, 9.17) is 10.9 Å². The van der Waals surface area contributed by atoms with E-state index >= 15 is 0 Å². The number of halogens is 3. The van der Waals surface area contributed by atoms with Crippen LogP contribution in [-0.4, -0.2) is 29.9 Å². The van der Waals surface area contributed by atoms with Crippen molar-refractivity contribution in [3.05, 3.63) is 0 Å². The average molecular weight is 200 g/mol. The third kappa shape index (κ3) is 6.21. The second-order valence-corrected chi connectivity index (χ2v) is 2.40. The third-order valence-electron chi connectivity index (χ3n) is 1.29. The molecule has 0 amide bonds. The van der Waals surface area contributed by atoms with Gasteiger partial charge in [0.25, 0.3) is 0 Å². The number of amidine groups is 1. The van der Waals surface area contributed by atoms with Crippen LogP contribution in [0.4, 0.5) is 13.2 Å². The van der Waals surface area contributed by atoms with Crippen molar-refractivity contribution in [1.29, 1.82) is 0 Å². The molecule has 0 spiro atoms. The Hall–Kier alpha value is -0.980. The van der Waals surface area contributed by atoms with Gasteiger partial charge in [0.05, 0.1) is 13.0 Å². The summed E-state index contributed by atoms with van der Waals surface area (Å²) in [6.45, 7) is 0.895. The molecule has 0 aliphatic heterocycles. The molecule has 0 radical (unpaired) electrons. The second kappa shape index (κ2) is 4.90. The first-order valence-corrected chi connectivity index (χ1v) is 3.52. The second-order valence-electron chi connectivity index (χ2n) is 2.40. The molecule has 0 saturated carbocycles. The van der Waals surface area contributed by atoms with E-state index in [-0.39, 0.29) is 5.84 Å². The van der Waals surface area contributed by atoms with Crippen LogP contribution in [0.25, 0.3) is 0 Å². The lowest BCUT2D eigenvalue weighted by molar-refractivity contribution is -0.146. The number of nitrogens with two attached hydrogens (primary N) is 1. The Bertz CT molecular complexity index is 181. The van der Waals surface area contributed by atoms with Crippen LogP contribution >= 0.6 is 0 Å². The van der Waals surface area contributed by atoms with Crippen LogP contribution in [0.1, 0.15) is 13.3 Å². The highest BCUT2D eigenvalue weighted by Crippen LogP contribution is 2.19. The number of alkyl halides is 3. The van der Waals surface area contributed by atoms with Gasteiger partial charge in [-0.15, -0.1) is 0 Å². The molecule has 0 rings (SSSR count). The maximum absolute atomic E-state index is 11.6. The van der Waals surface area contributed by atoms with Gasteiger partial charge in [-0.3, -0.25) is 0 Å². The topological polar surface area (TPSA) is 67.8 Å². The molecule has 0 aromatic carbocycles. The van der Waals surface area contributed by atoms with Crippen molar-refractivity contribution in [2.45, 2.75) is 25.6 Å². The summed E-state index contributed by atoms with van der Waals surface area (Å²) in [5, 5.41) is 10.7. The number of hydrogen-bond donors (Lipinski definition) is 2. The van der Waals surface area contributed by atoms with E-state index in [0.29, 0.717) is 0 Å². The van der Waals surface area contributed by atoms with Crippen LogP contribution in [0.2, 0.25) is 0 Å². The smallest absolute Gasteiger partial charge is 0.391 e. The van der Waals surface area contributed by atoms with Gasteiger partial charge in [-0.25, -0.2) is 0 Å². The molecule has 0 fully saturated rings. The molecule has 3 N–H and O–H groups in total. The van der Waals surface area contributed by atoms with Crippen LogP contribution in [0.15, 0.2) is 5.16 Å². The maximum atomic E-state index is 11.6. The van der Waals surface area contributed by atoms with Gasteiger partial charge in [0.15, 0.2) is 5.84 Å². The van der Waals surface area contributed by atoms with E-state index < -0.39 is 25.3 Å². The van der Waals surface area contributed by atoms with E-state index in [1.54, 1.807) is 0 Å². The van der Waals surface area contributed by atoms with E-state index in [2.05, 4.69) is 9.89 Å². The molecule has 0 aromatic rings. The Morgan fingerprint density at radius 3 is 2.54 bits per heavy atom. The molecular weight excluding hydrogens is 189 g/mol. The van der Waals surface area contributed by atoms with E-state index in [0.717, 1.165) is 0 Å². The summed E-state index contributed by atoms with van der Waals surface area (Å²) in [6, 6.07) is 0. The Kier molecular flexibility index (Phi) is 4.53. The molecule has 4 nitrogen and oxygen atoms in total. The van der Waals surface area contributed by atoms with Gasteiger partial charge in [-0.1, -0.05) is 5.16 Å². The lowest BCUT2D eigenvalue weighted by Gasteiger charge is -2.12. The van der Waals surface area contributed by atoms with Crippen molar-refractivity contribution in [3.8, 4) is 0 Å². The number of ether oxygens (including phenoxy) is 1. The third-order valence-corrected chi connectivity index (χ3v) is 1.29. The molecule has 7 heteroatoms. The van der Waals surface area contributed by atoms with E-state index in [1.807, 2.05) is 0 Å². The fourth-order valence-corrected chi connectivity index (χ4v) is 0.518. The van der Waals surface area contributed by atoms with Gasteiger partial charge in [-0.2, -0.15) is 13.2 Å². The van der Waals surface area contributed by atoms with Gasteiger partial charge in [0.2, 0.25) is 0 Å².